The predicted molar refractivity (Wildman–Crippen MR) is 92.5 cm³/mol. The number of ether oxygens (including phenoxy) is 3. The molecule has 0 saturated heterocycles. The van der Waals surface area contributed by atoms with Gasteiger partial charge in [0.15, 0.2) is 0 Å². The summed E-state index contributed by atoms with van der Waals surface area (Å²) in [4.78, 5) is 24.9. The van der Waals surface area contributed by atoms with Gasteiger partial charge in [0.05, 0.1) is 14.2 Å². The molecule has 7 heteroatoms. The van der Waals surface area contributed by atoms with Crippen molar-refractivity contribution in [3.63, 3.8) is 0 Å². The number of methoxy groups -OCH3 is 2. The van der Waals surface area contributed by atoms with E-state index >= 15 is 0 Å². The number of rotatable bonds is 4. The van der Waals surface area contributed by atoms with E-state index in [1.165, 1.54) is 32.8 Å². The normalized spacial score (nSPS) is 20.0. The van der Waals surface area contributed by atoms with E-state index in [2.05, 4.69) is 5.32 Å². The fourth-order valence-electron chi connectivity index (χ4n) is 3.52. The van der Waals surface area contributed by atoms with Crippen molar-refractivity contribution >= 4 is 11.9 Å². The number of hydrogen-bond acceptors (Lipinski definition) is 7. The standard InChI is InChI=1S/C19H23NO6/c1-24-18(22)15-13-9-8-12(21)10-14(13)26-17(16(15)19(23)25-2)20-11-6-4-3-5-7-11/h8-11,15,20-21H,3-7H2,1-2H3. The Morgan fingerprint density at radius 2 is 1.88 bits per heavy atom. The first-order valence-electron chi connectivity index (χ1n) is 8.72. The van der Waals surface area contributed by atoms with Crippen LogP contribution in [0.2, 0.25) is 0 Å². The van der Waals surface area contributed by atoms with Crippen LogP contribution in [0.15, 0.2) is 29.7 Å². The van der Waals surface area contributed by atoms with Gasteiger partial charge in [-0.25, -0.2) is 4.79 Å². The Labute approximate surface area is 151 Å². The van der Waals surface area contributed by atoms with Crippen LogP contribution in [-0.2, 0) is 19.1 Å². The molecule has 1 aliphatic carbocycles. The molecular weight excluding hydrogens is 338 g/mol. The molecule has 1 atom stereocenters. The lowest BCUT2D eigenvalue weighted by atomic mass is 9.88. The van der Waals surface area contributed by atoms with Crippen LogP contribution in [0.3, 0.4) is 0 Å². The van der Waals surface area contributed by atoms with Crippen LogP contribution in [-0.4, -0.2) is 37.3 Å². The number of fused-ring (bicyclic) bond motifs is 1. The summed E-state index contributed by atoms with van der Waals surface area (Å²) in [6, 6.07) is 4.55. The molecule has 1 fully saturated rings. The van der Waals surface area contributed by atoms with E-state index in [1.54, 1.807) is 6.07 Å². The van der Waals surface area contributed by atoms with Gasteiger partial charge in [-0.3, -0.25) is 4.79 Å². The molecule has 1 aromatic carbocycles. The minimum atomic E-state index is -0.983. The number of esters is 2. The largest absolute Gasteiger partial charge is 0.508 e. The lowest BCUT2D eigenvalue weighted by Crippen LogP contribution is -2.38. The fourth-order valence-corrected chi connectivity index (χ4v) is 3.52. The first-order valence-corrected chi connectivity index (χ1v) is 8.72. The number of nitrogens with one attached hydrogen (secondary N) is 1. The first-order chi connectivity index (χ1) is 12.5. The maximum absolute atomic E-state index is 12.5. The Morgan fingerprint density at radius 1 is 1.15 bits per heavy atom. The summed E-state index contributed by atoms with van der Waals surface area (Å²) in [5.41, 5.74) is 0.535. The summed E-state index contributed by atoms with van der Waals surface area (Å²) in [7, 11) is 2.52. The van der Waals surface area contributed by atoms with E-state index in [9.17, 15) is 14.7 Å². The average Bonchev–Trinajstić information content (AvgIpc) is 2.66. The van der Waals surface area contributed by atoms with Gasteiger partial charge >= 0.3 is 11.9 Å². The third-order valence-corrected chi connectivity index (χ3v) is 4.84. The van der Waals surface area contributed by atoms with Gasteiger partial charge in [0.25, 0.3) is 0 Å². The topological polar surface area (TPSA) is 94.1 Å². The summed E-state index contributed by atoms with van der Waals surface area (Å²) < 4.78 is 15.7. The maximum Gasteiger partial charge on any atom is 0.340 e. The third kappa shape index (κ3) is 3.47. The van der Waals surface area contributed by atoms with Gasteiger partial charge in [-0.1, -0.05) is 25.3 Å². The van der Waals surface area contributed by atoms with Gasteiger partial charge in [-0.2, -0.15) is 0 Å². The van der Waals surface area contributed by atoms with Crippen LogP contribution in [0, 0.1) is 0 Å². The number of carbonyl (C=O) groups is 2. The van der Waals surface area contributed by atoms with Gasteiger partial charge in [0.1, 0.15) is 23.0 Å². The van der Waals surface area contributed by atoms with E-state index in [1.807, 2.05) is 0 Å². The van der Waals surface area contributed by atoms with Crippen LogP contribution in [0.4, 0.5) is 0 Å². The van der Waals surface area contributed by atoms with Crippen LogP contribution < -0.4 is 10.1 Å². The number of carbonyl (C=O) groups excluding carboxylic acids is 2. The number of benzene rings is 1. The molecule has 1 saturated carbocycles. The van der Waals surface area contributed by atoms with Crippen molar-refractivity contribution in [2.45, 2.75) is 44.1 Å². The van der Waals surface area contributed by atoms with Gasteiger partial charge < -0.3 is 24.6 Å². The van der Waals surface area contributed by atoms with Crippen molar-refractivity contribution in [3.05, 3.63) is 35.2 Å². The third-order valence-electron chi connectivity index (χ3n) is 4.84. The highest BCUT2D eigenvalue weighted by atomic mass is 16.5. The molecule has 1 aromatic rings. The number of phenols is 1. The van der Waals surface area contributed by atoms with Crippen molar-refractivity contribution in [2.24, 2.45) is 0 Å². The summed E-state index contributed by atoms with van der Waals surface area (Å²) in [5, 5.41) is 13.0. The zero-order chi connectivity index (χ0) is 18.7. The lowest BCUT2D eigenvalue weighted by Gasteiger charge is -2.31. The summed E-state index contributed by atoms with van der Waals surface area (Å²) in [6.07, 6.45) is 5.28. The van der Waals surface area contributed by atoms with Crippen LogP contribution in [0.5, 0.6) is 11.5 Å². The zero-order valence-corrected chi connectivity index (χ0v) is 14.9. The molecule has 2 aliphatic rings. The Kier molecular flexibility index (Phi) is 5.35. The van der Waals surface area contributed by atoms with Gasteiger partial charge in [-0.15, -0.1) is 0 Å². The first kappa shape index (κ1) is 18.1. The molecule has 26 heavy (non-hydrogen) atoms. The molecule has 0 amide bonds. The molecule has 140 valence electrons. The average molecular weight is 361 g/mol. The van der Waals surface area contributed by atoms with Gasteiger partial charge in [0.2, 0.25) is 5.88 Å². The minimum Gasteiger partial charge on any atom is -0.508 e. The SMILES string of the molecule is COC(=O)C1=C(NC2CCCCC2)Oc2cc(O)ccc2C1C(=O)OC. The second-order valence-corrected chi connectivity index (χ2v) is 6.49. The van der Waals surface area contributed by atoms with E-state index in [-0.39, 0.29) is 23.2 Å². The quantitative estimate of drug-likeness (QED) is 0.795. The molecule has 0 radical (unpaired) electrons. The van der Waals surface area contributed by atoms with E-state index in [0.717, 1.165) is 25.7 Å². The minimum absolute atomic E-state index is 0.00546. The zero-order valence-electron chi connectivity index (χ0n) is 14.9. The molecule has 1 unspecified atom stereocenters. The monoisotopic (exact) mass is 361 g/mol. The Morgan fingerprint density at radius 3 is 2.54 bits per heavy atom. The molecule has 7 nitrogen and oxygen atoms in total. The predicted octanol–water partition coefficient (Wildman–Crippen LogP) is 2.35. The molecule has 0 bridgehead atoms. The van der Waals surface area contributed by atoms with Crippen molar-refractivity contribution < 1.29 is 28.9 Å². The lowest BCUT2D eigenvalue weighted by molar-refractivity contribution is -0.145. The van der Waals surface area contributed by atoms with Crippen molar-refractivity contribution in [2.75, 3.05) is 14.2 Å². The molecule has 2 N–H and O–H groups in total. The highest BCUT2D eigenvalue weighted by Crippen LogP contribution is 2.41. The van der Waals surface area contributed by atoms with Crippen molar-refractivity contribution in [1.29, 1.82) is 0 Å². The molecule has 1 aliphatic heterocycles. The number of aromatic hydroxyl groups is 1. The Bertz CT molecular complexity index is 736. The van der Waals surface area contributed by atoms with Crippen LogP contribution in [0.1, 0.15) is 43.6 Å². The number of phenolic OH excluding ortho intramolecular Hbond substituents is 1. The van der Waals surface area contributed by atoms with Crippen LogP contribution in [0.25, 0.3) is 0 Å². The maximum atomic E-state index is 12.5. The molecule has 3 rings (SSSR count). The van der Waals surface area contributed by atoms with Gasteiger partial charge in [0, 0.05) is 17.7 Å². The fraction of sp³-hybridized carbons (Fsp3) is 0.474. The molecule has 1 heterocycles. The Hall–Kier alpha value is -2.70. The molecular formula is C19H23NO6. The smallest absolute Gasteiger partial charge is 0.340 e. The summed E-state index contributed by atoms with van der Waals surface area (Å²) in [6.45, 7) is 0. The highest BCUT2D eigenvalue weighted by molar-refractivity contribution is 6.00. The second kappa shape index (κ2) is 7.68. The van der Waals surface area contributed by atoms with E-state index in [4.69, 9.17) is 14.2 Å². The van der Waals surface area contributed by atoms with E-state index in [0.29, 0.717) is 11.3 Å². The Balaban J connectivity index is 2.06. The highest BCUT2D eigenvalue weighted by Gasteiger charge is 2.41. The van der Waals surface area contributed by atoms with Gasteiger partial charge in [-0.05, 0) is 18.9 Å². The van der Waals surface area contributed by atoms with E-state index < -0.39 is 17.9 Å². The van der Waals surface area contributed by atoms with Crippen molar-refractivity contribution in [1.82, 2.24) is 5.32 Å². The second-order valence-electron chi connectivity index (χ2n) is 6.49. The number of hydrogen-bond donors (Lipinski definition) is 2. The molecule has 0 spiro atoms. The van der Waals surface area contributed by atoms with Crippen LogP contribution >= 0.6 is 0 Å². The summed E-state index contributed by atoms with van der Waals surface area (Å²) in [5.74, 6) is -1.72. The summed E-state index contributed by atoms with van der Waals surface area (Å²) >= 11 is 0. The molecule has 0 aromatic heterocycles. The van der Waals surface area contributed by atoms with Crippen molar-refractivity contribution in [3.8, 4) is 11.5 Å².